The number of pyridine rings is 1. The van der Waals surface area contributed by atoms with E-state index < -0.39 is 23.7 Å². The summed E-state index contributed by atoms with van der Waals surface area (Å²) in [6, 6.07) is 11.6. The molecule has 2 amide bonds. The van der Waals surface area contributed by atoms with Crippen molar-refractivity contribution in [3.8, 4) is 22.5 Å². The van der Waals surface area contributed by atoms with Gasteiger partial charge >= 0.3 is 6.18 Å². The normalized spacial score (nSPS) is 11.8. The lowest BCUT2D eigenvalue weighted by Crippen LogP contribution is -2.18. The molecule has 1 aromatic carbocycles. The molecule has 0 saturated heterocycles. The minimum Gasteiger partial charge on any atom is -0.365 e. The van der Waals surface area contributed by atoms with Crippen molar-refractivity contribution >= 4 is 39.1 Å². The number of hydrogen-bond donors (Lipinski definition) is 2. The van der Waals surface area contributed by atoms with E-state index in [-0.39, 0.29) is 38.7 Å². The molecule has 0 fully saturated rings. The van der Waals surface area contributed by atoms with Gasteiger partial charge in [-0.1, -0.05) is 30.3 Å². The van der Waals surface area contributed by atoms with Gasteiger partial charge in [-0.2, -0.15) is 23.4 Å². The summed E-state index contributed by atoms with van der Waals surface area (Å²) in [6.07, 6.45) is -1.82. The van der Waals surface area contributed by atoms with Gasteiger partial charge in [-0.05, 0) is 36.8 Å². The Bertz CT molecular complexity index is 2030. The maximum atomic E-state index is 13.9. The molecule has 0 atom stereocenters. The first-order valence-corrected chi connectivity index (χ1v) is 13.9. The molecule has 3 N–H and O–H groups in total. The van der Waals surface area contributed by atoms with Crippen LogP contribution in [0, 0.1) is 6.92 Å². The quantitative estimate of drug-likeness (QED) is 0.255. The molecule has 0 saturated carbocycles. The number of halogens is 3. The summed E-state index contributed by atoms with van der Waals surface area (Å²) in [5.74, 6) is -1.26. The minimum absolute atomic E-state index is 0.0377. The average Bonchev–Trinajstić information content (AvgIpc) is 3.79. The number of thiophene rings is 1. The van der Waals surface area contributed by atoms with E-state index in [0.717, 1.165) is 11.6 Å². The number of nitrogens with one attached hydrogen (secondary N) is 1. The maximum Gasteiger partial charge on any atom is 0.433 e. The lowest BCUT2D eigenvalue weighted by Gasteiger charge is -2.12. The van der Waals surface area contributed by atoms with Crippen molar-refractivity contribution < 1.29 is 22.8 Å². The van der Waals surface area contributed by atoms with Gasteiger partial charge in [0.15, 0.2) is 12.4 Å². The predicted molar refractivity (Wildman–Crippen MR) is 154 cm³/mol. The van der Waals surface area contributed by atoms with E-state index in [2.05, 4.69) is 35.9 Å². The summed E-state index contributed by atoms with van der Waals surface area (Å²) in [5.41, 5.74) is 6.19. The summed E-state index contributed by atoms with van der Waals surface area (Å²) >= 11 is 0.654. The number of hydrogen-bond acceptors (Lipinski definition) is 9. The van der Waals surface area contributed by atoms with Crippen molar-refractivity contribution in [3.05, 3.63) is 76.8 Å². The highest BCUT2D eigenvalue weighted by molar-refractivity contribution is 7.21. The second-order valence-corrected chi connectivity index (χ2v) is 10.5. The van der Waals surface area contributed by atoms with Gasteiger partial charge in [-0.3, -0.25) is 14.3 Å². The van der Waals surface area contributed by atoms with Crippen LogP contribution in [0.15, 0.2) is 54.9 Å². The molecule has 0 spiro atoms. The zero-order chi connectivity index (χ0) is 31.2. The van der Waals surface area contributed by atoms with Crippen LogP contribution >= 0.6 is 11.3 Å². The van der Waals surface area contributed by atoms with Crippen molar-refractivity contribution in [1.82, 2.24) is 44.8 Å². The van der Waals surface area contributed by atoms with Crippen molar-refractivity contribution in [1.29, 1.82) is 0 Å². The number of aryl methyl sites for hydroxylation is 1. The van der Waals surface area contributed by atoms with Crippen molar-refractivity contribution in [2.45, 2.75) is 33.2 Å². The second-order valence-electron chi connectivity index (χ2n) is 9.55. The van der Waals surface area contributed by atoms with E-state index in [1.54, 1.807) is 11.6 Å². The lowest BCUT2D eigenvalue weighted by molar-refractivity contribution is -0.140. The van der Waals surface area contributed by atoms with E-state index in [4.69, 9.17) is 5.73 Å². The number of nitrogens with two attached hydrogens (primary N) is 1. The van der Waals surface area contributed by atoms with Gasteiger partial charge < -0.3 is 11.1 Å². The Balaban J connectivity index is 1.36. The third kappa shape index (κ3) is 5.28. The smallest absolute Gasteiger partial charge is 0.365 e. The van der Waals surface area contributed by atoms with E-state index in [1.165, 1.54) is 27.9 Å². The van der Waals surface area contributed by atoms with E-state index in [1.807, 2.05) is 37.3 Å². The van der Waals surface area contributed by atoms with Crippen LogP contribution in [0.5, 0.6) is 0 Å². The molecule has 44 heavy (non-hydrogen) atoms. The van der Waals surface area contributed by atoms with Crippen LogP contribution in [0.1, 0.15) is 38.5 Å². The zero-order valence-corrected chi connectivity index (χ0v) is 23.9. The topological polar surface area (TPSA) is 164 Å². The number of aromatic nitrogens is 9. The van der Waals surface area contributed by atoms with E-state index in [0.29, 0.717) is 35.0 Å². The first-order valence-electron chi connectivity index (χ1n) is 13.1. The fourth-order valence-corrected chi connectivity index (χ4v) is 5.66. The number of primary amides is 1. The Morgan fingerprint density at radius 2 is 1.86 bits per heavy atom. The highest BCUT2D eigenvalue weighted by atomic mass is 32.1. The van der Waals surface area contributed by atoms with Crippen LogP contribution in [-0.2, 0) is 19.4 Å². The third-order valence-electron chi connectivity index (χ3n) is 6.74. The maximum absolute atomic E-state index is 13.9. The summed E-state index contributed by atoms with van der Waals surface area (Å²) < 4.78 is 44.6. The molecule has 0 unspecified atom stereocenters. The fourth-order valence-electron chi connectivity index (χ4n) is 4.65. The van der Waals surface area contributed by atoms with Crippen LogP contribution in [0.25, 0.3) is 32.7 Å². The molecule has 5 heterocycles. The number of anilines is 1. The van der Waals surface area contributed by atoms with Crippen LogP contribution in [0.3, 0.4) is 0 Å². The molecule has 0 bridgehead atoms. The molecule has 224 valence electrons. The van der Waals surface area contributed by atoms with Crippen LogP contribution in [0.2, 0.25) is 0 Å². The Labute approximate surface area is 250 Å². The number of nitrogens with zero attached hydrogens (tertiary/aromatic N) is 9. The minimum atomic E-state index is -4.77. The molecular formula is C27H22F3N11O2S. The first-order chi connectivity index (χ1) is 21.0. The molecule has 13 nitrogen and oxygen atoms in total. The van der Waals surface area contributed by atoms with Crippen molar-refractivity contribution in [2.24, 2.45) is 5.73 Å². The monoisotopic (exact) mass is 621 g/mol. The number of alkyl halides is 3. The van der Waals surface area contributed by atoms with Crippen LogP contribution in [-0.4, -0.2) is 56.6 Å². The second kappa shape index (κ2) is 11.0. The molecule has 6 aromatic rings. The summed E-state index contributed by atoms with van der Waals surface area (Å²) in [7, 11) is 0. The van der Waals surface area contributed by atoms with Gasteiger partial charge in [0.25, 0.3) is 11.8 Å². The van der Waals surface area contributed by atoms with Crippen molar-refractivity contribution in [3.63, 3.8) is 0 Å². The van der Waals surface area contributed by atoms with Gasteiger partial charge in [0, 0.05) is 34.9 Å². The van der Waals surface area contributed by atoms with Gasteiger partial charge in [0.2, 0.25) is 5.82 Å². The molecular weight excluding hydrogens is 599 g/mol. The van der Waals surface area contributed by atoms with Gasteiger partial charge in [-0.15, -0.1) is 26.3 Å². The van der Waals surface area contributed by atoms with Gasteiger partial charge in [-0.25, -0.2) is 9.67 Å². The predicted octanol–water partition coefficient (Wildman–Crippen LogP) is 4.21. The van der Waals surface area contributed by atoms with E-state index >= 15 is 0 Å². The number of fused-ring (bicyclic) bond motifs is 1. The number of carbonyl (C=O) groups excluding carboxylic acids is 2. The molecule has 0 aliphatic heterocycles. The Hall–Kier alpha value is -5.45. The largest absolute Gasteiger partial charge is 0.433 e. The fraction of sp³-hybridized carbons (Fsp3) is 0.185. The highest BCUT2D eigenvalue weighted by Gasteiger charge is 2.35. The standard InChI is InChI=1S/C27H22F3N11O2S/c1-3-40-14(2)17(12-32-40)16-11-19(27(28,29)30)33-26-20(16)21(22(44-26)23(31)42)34-25(43)18-9-10-39(36-18)13-41-37-24(35-38-41)15-7-5-4-6-8-15/h4-12H,3,13H2,1-2H3,(H2,31,42)(H,34,43). The number of carbonyl (C=O) groups is 2. The SMILES string of the molecule is CCn1ncc(-c2cc(C(F)(F)F)nc3sc(C(N)=O)c(NC(=O)c4ccn(Cn5nnc(-c6ccccc6)n5)n4)c23)c1C. The molecule has 0 radical (unpaired) electrons. The summed E-state index contributed by atoms with van der Waals surface area (Å²) in [6.45, 7) is 4.07. The highest BCUT2D eigenvalue weighted by Crippen LogP contribution is 2.44. The third-order valence-corrected chi connectivity index (χ3v) is 7.84. The molecule has 6 rings (SSSR count). The Morgan fingerprint density at radius 3 is 2.55 bits per heavy atom. The zero-order valence-electron chi connectivity index (χ0n) is 23.1. The molecule has 0 aliphatic carbocycles. The number of rotatable bonds is 8. The Kier molecular flexibility index (Phi) is 7.16. The average molecular weight is 622 g/mol. The molecule has 5 aromatic heterocycles. The summed E-state index contributed by atoms with van der Waals surface area (Å²) in [5, 5.41) is 23.7. The number of benzene rings is 1. The van der Waals surface area contributed by atoms with Crippen molar-refractivity contribution in [2.75, 3.05) is 5.32 Å². The number of tetrazole rings is 1. The van der Waals surface area contributed by atoms with Gasteiger partial charge in [0.05, 0.1) is 11.9 Å². The number of amides is 2. The van der Waals surface area contributed by atoms with E-state index in [9.17, 15) is 22.8 Å². The van der Waals surface area contributed by atoms with Crippen LogP contribution < -0.4 is 11.1 Å². The van der Waals surface area contributed by atoms with Crippen LogP contribution in [0.4, 0.5) is 18.9 Å². The molecule has 17 heteroatoms. The summed E-state index contributed by atoms with van der Waals surface area (Å²) in [4.78, 5) is 30.6. The molecule has 0 aliphatic rings. The Morgan fingerprint density at radius 1 is 1.09 bits per heavy atom. The lowest BCUT2D eigenvalue weighted by atomic mass is 10.0. The first kappa shape index (κ1) is 28.7. The van der Waals surface area contributed by atoms with Gasteiger partial charge in [0.1, 0.15) is 15.4 Å².